The minimum absolute atomic E-state index is 0.0965. The van der Waals surface area contributed by atoms with Crippen LogP contribution in [-0.2, 0) is 4.79 Å². The fourth-order valence-corrected chi connectivity index (χ4v) is 3.47. The number of methoxy groups -OCH3 is 1. The number of rotatable bonds is 6. The van der Waals surface area contributed by atoms with Gasteiger partial charge in [0.1, 0.15) is 5.75 Å². The molecule has 0 aliphatic rings. The predicted molar refractivity (Wildman–Crippen MR) is 112 cm³/mol. The molecule has 140 valence electrons. The second-order valence-corrected chi connectivity index (χ2v) is 7.40. The number of thiazole rings is 1. The number of benzene rings is 2. The third-order valence-corrected chi connectivity index (χ3v) is 4.86. The molecular weight excluding hydrogens is 358 g/mol. The van der Waals surface area contributed by atoms with E-state index in [-0.39, 0.29) is 5.91 Å². The van der Waals surface area contributed by atoms with Crippen molar-refractivity contribution >= 4 is 33.8 Å². The quantitative estimate of drug-likeness (QED) is 0.580. The summed E-state index contributed by atoms with van der Waals surface area (Å²) in [5.41, 5.74) is 4.72. The maximum Gasteiger partial charge on any atom is 0.221 e. The standard InChI is InChI=1S/C21H23N3O2S/c1-13(2)15-8-9-20(26-4)18(10-15)19-12-27-21(24-19)23-17-7-5-6-16(11-17)22-14(3)25/h5-13H,1-4H3,(H,22,25)(H,23,24). The highest BCUT2D eigenvalue weighted by Crippen LogP contribution is 2.35. The Morgan fingerprint density at radius 1 is 1.15 bits per heavy atom. The van der Waals surface area contributed by atoms with E-state index in [4.69, 9.17) is 9.72 Å². The molecule has 0 saturated carbocycles. The van der Waals surface area contributed by atoms with Crippen molar-refractivity contribution in [2.45, 2.75) is 26.7 Å². The molecule has 1 aromatic heterocycles. The minimum atomic E-state index is -0.0965. The van der Waals surface area contributed by atoms with Crippen molar-refractivity contribution in [1.29, 1.82) is 0 Å². The molecule has 0 spiro atoms. The lowest BCUT2D eigenvalue weighted by molar-refractivity contribution is -0.114. The molecule has 0 bridgehead atoms. The molecule has 6 heteroatoms. The second kappa shape index (κ2) is 8.22. The number of nitrogens with zero attached hydrogens (tertiary/aromatic N) is 1. The molecule has 2 N–H and O–H groups in total. The number of anilines is 3. The first kappa shape index (κ1) is 18.9. The zero-order valence-electron chi connectivity index (χ0n) is 15.9. The fourth-order valence-electron chi connectivity index (χ4n) is 2.74. The molecule has 27 heavy (non-hydrogen) atoms. The maximum atomic E-state index is 11.2. The lowest BCUT2D eigenvalue weighted by Gasteiger charge is -2.11. The van der Waals surface area contributed by atoms with E-state index in [9.17, 15) is 4.79 Å². The normalized spacial score (nSPS) is 10.7. The highest BCUT2D eigenvalue weighted by Gasteiger charge is 2.13. The van der Waals surface area contributed by atoms with Crippen molar-refractivity contribution in [3.8, 4) is 17.0 Å². The van der Waals surface area contributed by atoms with Gasteiger partial charge in [-0.2, -0.15) is 0 Å². The van der Waals surface area contributed by atoms with Gasteiger partial charge < -0.3 is 15.4 Å². The molecule has 5 nitrogen and oxygen atoms in total. The summed E-state index contributed by atoms with van der Waals surface area (Å²) in [4.78, 5) is 15.9. The van der Waals surface area contributed by atoms with E-state index in [1.54, 1.807) is 7.11 Å². The van der Waals surface area contributed by atoms with E-state index >= 15 is 0 Å². The van der Waals surface area contributed by atoms with E-state index in [2.05, 4.69) is 36.6 Å². The Hall–Kier alpha value is -2.86. The van der Waals surface area contributed by atoms with Gasteiger partial charge in [0.15, 0.2) is 5.13 Å². The van der Waals surface area contributed by atoms with Crippen LogP contribution in [0, 0.1) is 0 Å². The number of aromatic nitrogens is 1. The first-order chi connectivity index (χ1) is 13.0. The summed E-state index contributed by atoms with van der Waals surface area (Å²) in [6.45, 7) is 5.83. The molecule has 0 aliphatic heterocycles. The minimum Gasteiger partial charge on any atom is -0.496 e. The molecule has 2 aromatic carbocycles. The van der Waals surface area contributed by atoms with Gasteiger partial charge in [0.25, 0.3) is 0 Å². The van der Waals surface area contributed by atoms with Gasteiger partial charge in [-0.25, -0.2) is 4.98 Å². The smallest absolute Gasteiger partial charge is 0.221 e. The highest BCUT2D eigenvalue weighted by atomic mass is 32.1. The average Bonchev–Trinajstić information content (AvgIpc) is 3.09. The van der Waals surface area contributed by atoms with Gasteiger partial charge in [-0.15, -0.1) is 11.3 Å². The number of amides is 1. The maximum absolute atomic E-state index is 11.2. The molecule has 0 aliphatic carbocycles. The molecule has 0 radical (unpaired) electrons. The molecular formula is C21H23N3O2S. The summed E-state index contributed by atoms with van der Waals surface area (Å²) in [5, 5.41) is 8.87. The predicted octanol–water partition coefficient (Wildman–Crippen LogP) is 5.64. The molecule has 3 rings (SSSR count). The Bertz CT molecular complexity index is 950. The number of carbonyl (C=O) groups excluding carboxylic acids is 1. The summed E-state index contributed by atoms with van der Waals surface area (Å²) < 4.78 is 5.52. The van der Waals surface area contributed by atoms with Crippen LogP contribution in [0.4, 0.5) is 16.5 Å². The highest BCUT2D eigenvalue weighted by molar-refractivity contribution is 7.14. The molecule has 0 unspecified atom stereocenters. The second-order valence-electron chi connectivity index (χ2n) is 6.54. The first-order valence-corrected chi connectivity index (χ1v) is 9.62. The van der Waals surface area contributed by atoms with Gasteiger partial charge in [-0.1, -0.05) is 26.0 Å². The lowest BCUT2D eigenvalue weighted by atomic mass is 9.99. The van der Waals surface area contributed by atoms with Crippen LogP contribution < -0.4 is 15.4 Å². The van der Waals surface area contributed by atoms with Gasteiger partial charge in [-0.3, -0.25) is 4.79 Å². The van der Waals surface area contributed by atoms with Crippen LogP contribution in [0.15, 0.2) is 47.8 Å². The number of hydrogen-bond donors (Lipinski definition) is 2. The van der Waals surface area contributed by atoms with Crippen LogP contribution in [0.3, 0.4) is 0 Å². The Morgan fingerprint density at radius 2 is 1.93 bits per heavy atom. The van der Waals surface area contributed by atoms with E-state index in [0.29, 0.717) is 5.92 Å². The van der Waals surface area contributed by atoms with Crippen molar-refractivity contribution in [2.75, 3.05) is 17.7 Å². The molecule has 1 heterocycles. The van der Waals surface area contributed by atoms with Crippen molar-refractivity contribution in [3.05, 3.63) is 53.4 Å². The van der Waals surface area contributed by atoms with Crippen LogP contribution in [0.2, 0.25) is 0 Å². The average molecular weight is 382 g/mol. The van der Waals surface area contributed by atoms with Gasteiger partial charge in [0, 0.05) is 29.2 Å². The zero-order chi connectivity index (χ0) is 19.4. The Kier molecular flexibility index (Phi) is 5.76. The SMILES string of the molecule is COc1ccc(C(C)C)cc1-c1csc(Nc2cccc(NC(C)=O)c2)n1. The Balaban J connectivity index is 1.85. The van der Waals surface area contributed by atoms with Crippen LogP contribution in [0.25, 0.3) is 11.3 Å². The third kappa shape index (κ3) is 4.65. The van der Waals surface area contributed by atoms with Gasteiger partial charge in [0.2, 0.25) is 5.91 Å². The summed E-state index contributed by atoms with van der Waals surface area (Å²) in [6, 6.07) is 13.8. The van der Waals surface area contributed by atoms with Crippen molar-refractivity contribution in [2.24, 2.45) is 0 Å². The largest absolute Gasteiger partial charge is 0.496 e. The summed E-state index contributed by atoms with van der Waals surface area (Å²) in [5.74, 6) is 1.15. The lowest BCUT2D eigenvalue weighted by Crippen LogP contribution is -2.05. The van der Waals surface area contributed by atoms with Crippen LogP contribution >= 0.6 is 11.3 Å². The fraction of sp³-hybridized carbons (Fsp3) is 0.238. The topological polar surface area (TPSA) is 63.2 Å². The summed E-state index contributed by atoms with van der Waals surface area (Å²) in [6.07, 6.45) is 0. The molecule has 0 atom stereocenters. The molecule has 3 aromatic rings. The number of carbonyl (C=O) groups is 1. The summed E-state index contributed by atoms with van der Waals surface area (Å²) in [7, 11) is 1.67. The van der Waals surface area contributed by atoms with Gasteiger partial charge in [0.05, 0.1) is 12.8 Å². The Labute approximate surface area is 163 Å². The summed E-state index contributed by atoms with van der Waals surface area (Å²) >= 11 is 1.53. The molecule has 0 fully saturated rings. The van der Waals surface area contributed by atoms with Crippen LogP contribution in [0.5, 0.6) is 5.75 Å². The zero-order valence-corrected chi connectivity index (χ0v) is 16.7. The van der Waals surface area contributed by atoms with Gasteiger partial charge in [-0.05, 0) is 41.8 Å². The number of nitrogens with one attached hydrogen (secondary N) is 2. The number of ether oxygens (including phenoxy) is 1. The van der Waals surface area contributed by atoms with Crippen molar-refractivity contribution in [3.63, 3.8) is 0 Å². The van der Waals surface area contributed by atoms with Crippen LogP contribution in [-0.4, -0.2) is 18.0 Å². The van der Waals surface area contributed by atoms with Crippen molar-refractivity contribution in [1.82, 2.24) is 4.98 Å². The number of hydrogen-bond acceptors (Lipinski definition) is 5. The monoisotopic (exact) mass is 381 g/mol. The molecule has 0 saturated heterocycles. The first-order valence-electron chi connectivity index (χ1n) is 8.74. The van der Waals surface area contributed by atoms with E-state index in [1.807, 2.05) is 35.7 Å². The van der Waals surface area contributed by atoms with E-state index < -0.39 is 0 Å². The Morgan fingerprint density at radius 3 is 2.63 bits per heavy atom. The third-order valence-electron chi connectivity index (χ3n) is 4.10. The van der Waals surface area contributed by atoms with Crippen molar-refractivity contribution < 1.29 is 9.53 Å². The van der Waals surface area contributed by atoms with Crippen LogP contribution in [0.1, 0.15) is 32.3 Å². The van der Waals surface area contributed by atoms with E-state index in [0.717, 1.165) is 33.5 Å². The van der Waals surface area contributed by atoms with E-state index in [1.165, 1.54) is 23.8 Å². The van der Waals surface area contributed by atoms with Gasteiger partial charge >= 0.3 is 0 Å². The molecule has 1 amide bonds.